The van der Waals surface area contributed by atoms with E-state index in [1.54, 1.807) is 17.7 Å². The van der Waals surface area contributed by atoms with Crippen molar-refractivity contribution in [3.8, 4) is 5.88 Å². The molecule has 0 unspecified atom stereocenters. The number of rotatable bonds is 5. The fraction of sp³-hybridized carbons (Fsp3) is 0.333. The molecule has 3 heterocycles. The molecule has 1 aliphatic heterocycles. The summed E-state index contributed by atoms with van der Waals surface area (Å²) in [6.07, 6.45) is 3.92. The summed E-state index contributed by atoms with van der Waals surface area (Å²) in [5.41, 5.74) is 2.35. The summed E-state index contributed by atoms with van der Waals surface area (Å²) >= 11 is 3.56. The maximum Gasteiger partial charge on any atom is 0.235 e. The van der Waals surface area contributed by atoms with Gasteiger partial charge in [0.05, 0.1) is 5.52 Å². The Morgan fingerprint density at radius 1 is 1.12 bits per heavy atom. The minimum absolute atomic E-state index is 0.249. The first-order chi connectivity index (χ1) is 11.9. The number of nitrogens with zero attached hydrogens (tertiary/aromatic N) is 3. The molecular formula is C18H19N3OS2. The molecule has 1 aliphatic rings. The quantitative estimate of drug-likeness (QED) is 0.634. The van der Waals surface area contributed by atoms with Crippen LogP contribution in [0.4, 0.5) is 0 Å². The molecule has 0 aliphatic carbocycles. The van der Waals surface area contributed by atoms with Crippen LogP contribution in [0.5, 0.6) is 5.88 Å². The zero-order valence-electron chi connectivity index (χ0n) is 13.3. The molecule has 4 nitrogen and oxygen atoms in total. The highest BCUT2D eigenvalue weighted by Crippen LogP contribution is 2.30. The van der Waals surface area contributed by atoms with Crippen molar-refractivity contribution >= 4 is 33.5 Å². The van der Waals surface area contributed by atoms with Crippen molar-refractivity contribution in [2.24, 2.45) is 0 Å². The highest BCUT2D eigenvalue weighted by Gasteiger charge is 2.22. The van der Waals surface area contributed by atoms with Gasteiger partial charge < -0.3 is 4.74 Å². The lowest BCUT2D eigenvalue weighted by Gasteiger charge is -2.31. The lowest BCUT2D eigenvalue weighted by molar-refractivity contribution is 0.135. The van der Waals surface area contributed by atoms with Gasteiger partial charge in [-0.15, -0.1) is 11.3 Å². The highest BCUT2D eigenvalue weighted by molar-refractivity contribution is 7.96. The van der Waals surface area contributed by atoms with Crippen molar-refractivity contribution < 1.29 is 4.74 Å². The predicted molar refractivity (Wildman–Crippen MR) is 100 cm³/mol. The van der Waals surface area contributed by atoms with Gasteiger partial charge in [-0.25, -0.2) is 9.97 Å². The average molecular weight is 358 g/mol. The molecule has 3 aromatic rings. The van der Waals surface area contributed by atoms with Crippen LogP contribution in [0.3, 0.4) is 0 Å². The molecule has 1 fully saturated rings. The minimum Gasteiger partial charge on any atom is -0.473 e. The van der Waals surface area contributed by atoms with Crippen LogP contribution in [0, 0.1) is 0 Å². The van der Waals surface area contributed by atoms with Gasteiger partial charge in [0.1, 0.15) is 17.1 Å². The molecule has 0 bridgehead atoms. The summed E-state index contributed by atoms with van der Waals surface area (Å²) in [5.74, 6) is 1.78. The maximum atomic E-state index is 6.16. The van der Waals surface area contributed by atoms with Crippen LogP contribution < -0.4 is 4.74 Å². The topological polar surface area (TPSA) is 38.2 Å². The maximum absolute atomic E-state index is 6.16. The molecule has 2 aromatic heterocycles. The van der Waals surface area contributed by atoms with E-state index >= 15 is 0 Å². The van der Waals surface area contributed by atoms with Gasteiger partial charge in [-0.3, -0.25) is 4.31 Å². The summed E-state index contributed by atoms with van der Waals surface area (Å²) in [6.45, 7) is 2.11. The van der Waals surface area contributed by atoms with E-state index in [4.69, 9.17) is 4.74 Å². The van der Waals surface area contributed by atoms with Crippen LogP contribution >= 0.6 is 23.3 Å². The highest BCUT2D eigenvalue weighted by atomic mass is 32.2. The second-order valence-electron chi connectivity index (χ2n) is 5.82. The number of hydrogen-bond acceptors (Lipinski definition) is 6. The van der Waals surface area contributed by atoms with Gasteiger partial charge in [-0.05, 0) is 29.9 Å². The summed E-state index contributed by atoms with van der Waals surface area (Å²) in [4.78, 5) is 8.59. The molecule has 1 aromatic carbocycles. The van der Waals surface area contributed by atoms with Crippen molar-refractivity contribution in [1.29, 1.82) is 0 Å². The zero-order chi connectivity index (χ0) is 16.2. The van der Waals surface area contributed by atoms with Crippen molar-refractivity contribution in [3.05, 3.63) is 53.7 Å². The molecule has 1 saturated heterocycles. The SMILES string of the molecule is c1ccc(CSN2CCC(Oc3ncnc4ccsc34)CC2)cc1. The number of fused-ring (bicyclic) bond motifs is 1. The van der Waals surface area contributed by atoms with Gasteiger partial charge in [0.2, 0.25) is 5.88 Å². The monoisotopic (exact) mass is 357 g/mol. The Hall–Kier alpha value is -1.63. The van der Waals surface area contributed by atoms with E-state index in [0.717, 1.165) is 47.8 Å². The summed E-state index contributed by atoms with van der Waals surface area (Å²) in [6, 6.07) is 12.6. The standard InChI is InChI=1S/C18H19N3OS2/c1-2-4-14(5-3-1)12-24-21-9-6-15(7-10-21)22-18-17-16(8-11-23-17)19-13-20-18/h1-5,8,11,13,15H,6-7,9-10,12H2. The number of hydrogen-bond donors (Lipinski definition) is 0. The Morgan fingerprint density at radius 3 is 2.79 bits per heavy atom. The second kappa shape index (κ2) is 7.51. The third-order valence-corrected chi connectivity index (χ3v) is 6.23. The Kier molecular flexibility index (Phi) is 4.96. The number of piperidine rings is 1. The second-order valence-corrected chi connectivity index (χ2v) is 7.80. The van der Waals surface area contributed by atoms with E-state index in [-0.39, 0.29) is 6.10 Å². The van der Waals surface area contributed by atoms with Crippen LogP contribution in [0.25, 0.3) is 10.2 Å². The number of benzene rings is 1. The zero-order valence-corrected chi connectivity index (χ0v) is 14.9. The summed E-state index contributed by atoms with van der Waals surface area (Å²) in [7, 11) is 0. The van der Waals surface area contributed by atoms with E-state index in [9.17, 15) is 0 Å². The third-order valence-electron chi connectivity index (χ3n) is 4.15. The largest absolute Gasteiger partial charge is 0.473 e. The first kappa shape index (κ1) is 15.9. The first-order valence-electron chi connectivity index (χ1n) is 8.15. The van der Waals surface area contributed by atoms with Crippen LogP contribution in [0.15, 0.2) is 48.1 Å². The number of ether oxygens (including phenoxy) is 1. The molecule has 0 saturated carbocycles. The number of aromatic nitrogens is 2. The molecule has 0 spiro atoms. The Labute approximate surface area is 150 Å². The molecule has 0 N–H and O–H groups in total. The van der Waals surface area contributed by atoms with E-state index in [0.29, 0.717) is 0 Å². The van der Waals surface area contributed by atoms with Gasteiger partial charge in [-0.1, -0.05) is 42.3 Å². The molecule has 0 amide bonds. The van der Waals surface area contributed by atoms with Crippen LogP contribution in [-0.4, -0.2) is 33.5 Å². The Bertz CT molecular complexity index is 785. The molecular weight excluding hydrogens is 338 g/mol. The third kappa shape index (κ3) is 3.71. The fourth-order valence-electron chi connectivity index (χ4n) is 2.83. The Morgan fingerprint density at radius 2 is 1.96 bits per heavy atom. The lowest BCUT2D eigenvalue weighted by Crippen LogP contribution is -2.34. The normalized spacial score (nSPS) is 16.5. The van der Waals surface area contributed by atoms with Crippen LogP contribution in [0.2, 0.25) is 0 Å². The van der Waals surface area contributed by atoms with Gasteiger partial charge in [-0.2, -0.15) is 0 Å². The Balaban J connectivity index is 1.29. The van der Waals surface area contributed by atoms with E-state index in [2.05, 4.69) is 44.6 Å². The van der Waals surface area contributed by atoms with Crippen LogP contribution in [-0.2, 0) is 5.75 Å². The lowest BCUT2D eigenvalue weighted by atomic mass is 10.1. The molecule has 24 heavy (non-hydrogen) atoms. The summed E-state index contributed by atoms with van der Waals surface area (Å²) < 4.78 is 9.67. The van der Waals surface area contributed by atoms with Gasteiger partial charge >= 0.3 is 0 Å². The van der Waals surface area contributed by atoms with Crippen molar-refractivity contribution in [2.75, 3.05) is 13.1 Å². The smallest absolute Gasteiger partial charge is 0.235 e. The fourth-order valence-corrected chi connectivity index (χ4v) is 4.60. The van der Waals surface area contributed by atoms with E-state index in [1.165, 1.54) is 5.56 Å². The van der Waals surface area contributed by atoms with Crippen molar-refractivity contribution in [1.82, 2.24) is 14.3 Å². The van der Waals surface area contributed by atoms with Crippen molar-refractivity contribution in [2.45, 2.75) is 24.7 Å². The predicted octanol–water partition coefficient (Wildman–Crippen LogP) is 4.38. The molecule has 124 valence electrons. The first-order valence-corrected chi connectivity index (χ1v) is 9.97. The molecule has 6 heteroatoms. The summed E-state index contributed by atoms with van der Waals surface area (Å²) in [5, 5.41) is 2.04. The van der Waals surface area contributed by atoms with Gasteiger partial charge in [0.15, 0.2) is 0 Å². The van der Waals surface area contributed by atoms with E-state index < -0.39 is 0 Å². The van der Waals surface area contributed by atoms with Crippen LogP contribution in [0.1, 0.15) is 18.4 Å². The molecule has 0 atom stereocenters. The minimum atomic E-state index is 0.249. The number of thiophene rings is 1. The average Bonchev–Trinajstić information content (AvgIpc) is 3.12. The van der Waals surface area contributed by atoms with Crippen molar-refractivity contribution in [3.63, 3.8) is 0 Å². The van der Waals surface area contributed by atoms with Gasteiger partial charge in [0.25, 0.3) is 0 Å². The van der Waals surface area contributed by atoms with E-state index in [1.807, 2.05) is 23.4 Å². The molecule has 4 rings (SSSR count). The molecule has 0 radical (unpaired) electrons. The van der Waals surface area contributed by atoms with Gasteiger partial charge in [0, 0.05) is 18.8 Å².